The highest BCUT2D eigenvalue weighted by molar-refractivity contribution is 8.02. The minimum Gasteiger partial charge on any atom is -0.481 e. The summed E-state index contributed by atoms with van der Waals surface area (Å²) in [4.78, 5) is 9.95. The Morgan fingerprint density at radius 2 is 2.40 bits per heavy atom. The van der Waals surface area contributed by atoms with Gasteiger partial charge in [0.2, 0.25) is 0 Å². The smallest absolute Gasteiger partial charge is 0.307 e. The summed E-state index contributed by atoms with van der Waals surface area (Å²) in [5.41, 5.74) is 0. The molecule has 0 unspecified atom stereocenters. The van der Waals surface area contributed by atoms with Crippen molar-refractivity contribution in [1.82, 2.24) is 0 Å². The molecule has 0 rings (SSSR count). The van der Waals surface area contributed by atoms with Gasteiger partial charge in [-0.25, -0.2) is 0 Å². The summed E-state index contributed by atoms with van der Waals surface area (Å²) in [6.07, 6.45) is 3.50. The van der Waals surface area contributed by atoms with Crippen molar-refractivity contribution in [2.75, 3.05) is 5.75 Å². The molecular weight excluding hydrogens is 148 g/mol. The zero-order valence-electron chi connectivity index (χ0n) is 5.62. The minimum absolute atomic E-state index is 0.101. The molecule has 0 saturated carbocycles. The normalized spacial score (nSPS) is 10.0. The van der Waals surface area contributed by atoms with Crippen LogP contribution in [0.1, 0.15) is 6.42 Å². The second kappa shape index (κ2) is 6.42. The predicted octanol–water partition coefficient (Wildman–Crippen LogP) is 1.89. The second-order valence-corrected chi connectivity index (χ2v) is 2.53. The highest BCUT2D eigenvalue weighted by Gasteiger charge is 1.87. The Morgan fingerprint density at radius 3 is 2.90 bits per heavy atom. The number of carboxylic acids is 1. The van der Waals surface area contributed by atoms with Crippen LogP contribution in [0.3, 0.4) is 0 Å². The third-order valence-electron chi connectivity index (χ3n) is 0.699. The van der Waals surface area contributed by atoms with Gasteiger partial charge in [-0.05, 0) is 5.41 Å². The van der Waals surface area contributed by atoms with Gasteiger partial charge in [-0.2, -0.15) is 0 Å². The molecule has 0 fully saturated rings. The Hall–Kier alpha value is -0.700. The number of aliphatic carboxylic acids is 1. The first-order valence-electron chi connectivity index (χ1n) is 2.86. The quantitative estimate of drug-likeness (QED) is 0.490. The molecule has 0 saturated heterocycles. The summed E-state index contributed by atoms with van der Waals surface area (Å²) < 4.78 is 0. The van der Waals surface area contributed by atoms with Crippen molar-refractivity contribution in [3.8, 4) is 0 Å². The Balaban J connectivity index is 3.20. The van der Waals surface area contributed by atoms with Gasteiger partial charge in [0.25, 0.3) is 0 Å². The van der Waals surface area contributed by atoms with Crippen molar-refractivity contribution in [3.63, 3.8) is 0 Å². The molecule has 0 atom stereocenters. The summed E-state index contributed by atoms with van der Waals surface area (Å²) in [7, 11) is 0. The molecule has 56 valence electrons. The van der Waals surface area contributed by atoms with Gasteiger partial charge in [0.15, 0.2) is 0 Å². The van der Waals surface area contributed by atoms with E-state index in [0.717, 1.165) is 5.75 Å². The van der Waals surface area contributed by atoms with Gasteiger partial charge in [-0.15, -0.1) is 18.3 Å². The molecule has 0 amide bonds. The third-order valence-corrected chi connectivity index (χ3v) is 1.51. The molecule has 0 heterocycles. The van der Waals surface area contributed by atoms with Crippen LogP contribution >= 0.6 is 11.8 Å². The highest BCUT2D eigenvalue weighted by Crippen LogP contribution is 2.01. The molecule has 0 radical (unpaired) electrons. The molecule has 0 aliphatic rings. The maximum Gasteiger partial charge on any atom is 0.307 e. The number of hydrogen-bond donors (Lipinski definition) is 1. The van der Waals surface area contributed by atoms with Crippen molar-refractivity contribution in [2.45, 2.75) is 6.42 Å². The van der Waals surface area contributed by atoms with Gasteiger partial charge in [0.1, 0.15) is 0 Å². The van der Waals surface area contributed by atoms with Gasteiger partial charge >= 0.3 is 5.97 Å². The SMILES string of the molecule is C=CCSC=CCC(=O)O. The number of carbonyl (C=O) groups is 1. The summed E-state index contributed by atoms with van der Waals surface area (Å²) in [6, 6.07) is 0. The average molecular weight is 158 g/mol. The van der Waals surface area contributed by atoms with Crippen LogP contribution < -0.4 is 0 Å². The van der Waals surface area contributed by atoms with Crippen molar-refractivity contribution in [2.24, 2.45) is 0 Å². The highest BCUT2D eigenvalue weighted by atomic mass is 32.2. The van der Waals surface area contributed by atoms with Crippen LogP contribution in [0.2, 0.25) is 0 Å². The molecule has 0 bridgehead atoms. The van der Waals surface area contributed by atoms with Crippen LogP contribution in [0.15, 0.2) is 24.1 Å². The van der Waals surface area contributed by atoms with Crippen LogP contribution in [0.5, 0.6) is 0 Å². The Morgan fingerprint density at radius 1 is 1.70 bits per heavy atom. The van der Waals surface area contributed by atoms with E-state index >= 15 is 0 Å². The Bertz CT molecular complexity index is 141. The van der Waals surface area contributed by atoms with Crippen LogP contribution in [0.4, 0.5) is 0 Å². The minimum atomic E-state index is -0.796. The van der Waals surface area contributed by atoms with E-state index in [0.29, 0.717) is 0 Å². The van der Waals surface area contributed by atoms with E-state index in [4.69, 9.17) is 5.11 Å². The largest absolute Gasteiger partial charge is 0.481 e. The second-order valence-electron chi connectivity index (χ2n) is 1.59. The first-order valence-corrected chi connectivity index (χ1v) is 3.91. The molecule has 0 aliphatic carbocycles. The fraction of sp³-hybridized carbons (Fsp3) is 0.286. The standard InChI is InChI=1S/C7H10O2S/c1-2-5-10-6-3-4-7(8)9/h2-3,6H,1,4-5H2,(H,8,9). The maximum atomic E-state index is 9.95. The van der Waals surface area contributed by atoms with E-state index in [1.54, 1.807) is 17.6 Å². The molecule has 0 aromatic rings. The van der Waals surface area contributed by atoms with Gasteiger partial charge in [0.05, 0.1) is 6.42 Å². The lowest BCUT2D eigenvalue weighted by Crippen LogP contribution is -1.89. The Labute approximate surface area is 64.6 Å². The third kappa shape index (κ3) is 7.30. The van der Waals surface area contributed by atoms with E-state index in [-0.39, 0.29) is 6.42 Å². The molecule has 0 aromatic carbocycles. The predicted molar refractivity (Wildman–Crippen MR) is 44.0 cm³/mol. The molecule has 0 aromatic heterocycles. The fourth-order valence-corrected chi connectivity index (χ4v) is 0.820. The summed E-state index contributed by atoms with van der Waals surface area (Å²) in [5, 5.41) is 9.96. The van der Waals surface area contributed by atoms with E-state index in [1.165, 1.54) is 11.8 Å². The lowest BCUT2D eigenvalue weighted by molar-refractivity contribution is -0.135. The van der Waals surface area contributed by atoms with Gasteiger partial charge in [0, 0.05) is 5.75 Å². The monoisotopic (exact) mass is 158 g/mol. The van der Waals surface area contributed by atoms with Gasteiger partial charge < -0.3 is 5.11 Å². The number of rotatable bonds is 5. The number of hydrogen-bond acceptors (Lipinski definition) is 2. The first kappa shape index (κ1) is 9.30. The van der Waals surface area contributed by atoms with Crippen LogP contribution in [0.25, 0.3) is 0 Å². The molecule has 2 nitrogen and oxygen atoms in total. The molecule has 3 heteroatoms. The fourth-order valence-electron chi connectivity index (χ4n) is 0.341. The average Bonchev–Trinajstić information content (AvgIpc) is 1.87. The topological polar surface area (TPSA) is 37.3 Å². The van der Waals surface area contributed by atoms with Crippen LogP contribution in [-0.4, -0.2) is 16.8 Å². The molecular formula is C7H10O2S. The molecule has 0 aliphatic heterocycles. The molecule has 0 spiro atoms. The van der Waals surface area contributed by atoms with Crippen molar-refractivity contribution < 1.29 is 9.90 Å². The van der Waals surface area contributed by atoms with Crippen LogP contribution in [-0.2, 0) is 4.79 Å². The number of carboxylic acid groups (broad SMARTS) is 1. The summed E-state index contributed by atoms with van der Waals surface area (Å²) in [5.74, 6) is 0.0336. The zero-order valence-corrected chi connectivity index (χ0v) is 6.43. The Kier molecular flexibility index (Phi) is 5.97. The zero-order chi connectivity index (χ0) is 7.82. The van der Waals surface area contributed by atoms with E-state index in [1.807, 2.05) is 0 Å². The lowest BCUT2D eigenvalue weighted by Gasteiger charge is -1.84. The lowest BCUT2D eigenvalue weighted by atomic mass is 10.4. The van der Waals surface area contributed by atoms with E-state index in [2.05, 4.69) is 6.58 Å². The van der Waals surface area contributed by atoms with Gasteiger partial charge in [-0.3, -0.25) is 4.79 Å². The number of thioether (sulfide) groups is 1. The summed E-state index contributed by atoms with van der Waals surface area (Å²) >= 11 is 1.53. The van der Waals surface area contributed by atoms with E-state index in [9.17, 15) is 4.79 Å². The van der Waals surface area contributed by atoms with Crippen molar-refractivity contribution in [3.05, 3.63) is 24.1 Å². The first-order chi connectivity index (χ1) is 4.77. The van der Waals surface area contributed by atoms with E-state index < -0.39 is 5.97 Å². The van der Waals surface area contributed by atoms with Crippen molar-refractivity contribution >= 4 is 17.7 Å². The van der Waals surface area contributed by atoms with Crippen molar-refractivity contribution in [1.29, 1.82) is 0 Å². The molecule has 1 N–H and O–H groups in total. The van der Waals surface area contributed by atoms with Gasteiger partial charge in [-0.1, -0.05) is 12.2 Å². The van der Waals surface area contributed by atoms with Crippen LogP contribution in [0, 0.1) is 0 Å². The molecule has 10 heavy (non-hydrogen) atoms. The maximum absolute atomic E-state index is 9.95. The summed E-state index contributed by atoms with van der Waals surface area (Å²) in [6.45, 7) is 3.52.